The average molecular weight is 270 g/mol. The van der Waals surface area contributed by atoms with E-state index < -0.39 is 0 Å². The van der Waals surface area contributed by atoms with E-state index in [-0.39, 0.29) is 11.9 Å². The van der Waals surface area contributed by atoms with Gasteiger partial charge in [-0.05, 0) is 25.7 Å². The maximum absolute atomic E-state index is 12.0. The first-order chi connectivity index (χ1) is 9.15. The van der Waals surface area contributed by atoms with E-state index in [4.69, 9.17) is 4.74 Å². The van der Waals surface area contributed by atoms with E-state index in [9.17, 15) is 9.59 Å². The molecule has 3 heteroatoms. The standard InChI is InChI=1S/C16H30O3/c1-4-7-10-14(15(17)9-6-3)11-12-16(18)19-13-8-5-2/h14H,4-13H2,1-3H3. The molecule has 0 spiro atoms. The van der Waals surface area contributed by atoms with Crippen molar-refractivity contribution >= 4 is 11.8 Å². The summed E-state index contributed by atoms with van der Waals surface area (Å²) in [4.78, 5) is 23.5. The Hall–Kier alpha value is -0.860. The molecule has 3 nitrogen and oxygen atoms in total. The third-order valence-electron chi connectivity index (χ3n) is 3.32. The van der Waals surface area contributed by atoms with Crippen LogP contribution in [-0.4, -0.2) is 18.4 Å². The van der Waals surface area contributed by atoms with Crippen LogP contribution >= 0.6 is 0 Å². The Bertz CT molecular complexity index is 248. The molecule has 0 aliphatic heterocycles. The number of esters is 1. The summed E-state index contributed by atoms with van der Waals surface area (Å²) in [5.41, 5.74) is 0. The lowest BCUT2D eigenvalue weighted by Crippen LogP contribution is -2.17. The molecule has 0 aromatic rings. The molecule has 0 radical (unpaired) electrons. The van der Waals surface area contributed by atoms with Crippen molar-refractivity contribution in [2.24, 2.45) is 5.92 Å². The summed E-state index contributed by atoms with van der Waals surface area (Å²) in [6.45, 7) is 6.73. The largest absolute Gasteiger partial charge is 0.466 e. The fourth-order valence-electron chi connectivity index (χ4n) is 2.06. The summed E-state index contributed by atoms with van der Waals surface area (Å²) in [7, 11) is 0. The van der Waals surface area contributed by atoms with Crippen molar-refractivity contribution in [2.45, 2.75) is 78.6 Å². The Morgan fingerprint density at radius 1 is 0.895 bits per heavy atom. The van der Waals surface area contributed by atoms with Gasteiger partial charge in [0.05, 0.1) is 6.61 Å². The number of rotatable bonds is 12. The zero-order chi connectivity index (χ0) is 14.5. The highest BCUT2D eigenvalue weighted by Gasteiger charge is 2.18. The van der Waals surface area contributed by atoms with Crippen molar-refractivity contribution in [1.82, 2.24) is 0 Å². The lowest BCUT2D eigenvalue weighted by Gasteiger charge is -2.14. The number of ketones is 1. The van der Waals surface area contributed by atoms with Gasteiger partial charge in [0.2, 0.25) is 0 Å². The first-order valence-corrected chi connectivity index (χ1v) is 7.83. The van der Waals surface area contributed by atoms with Crippen molar-refractivity contribution < 1.29 is 14.3 Å². The van der Waals surface area contributed by atoms with E-state index >= 15 is 0 Å². The van der Waals surface area contributed by atoms with Gasteiger partial charge in [-0.25, -0.2) is 0 Å². The topological polar surface area (TPSA) is 43.4 Å². The van der Waals surface area contributed by atoms with Crippen LogP contribution in [0.3, 0.4) is 0 Å². The number of carbonyl (C=O) groups is 2. The fraction of sp³-hybridized carbons (Fsp3) is 0.875. The molecule has 0 amide bonds. The number of ether oxygens (including phenoxy) is 1. The lowest BCUT2D eigenvalue weighted by atomic mass is 9.90. The molecule has 0 aromatic heterocycles. The van der Waals surface area contributed by atoms with Crippen molar-refractivity contribution in [1.29, 1.82) is 0 Å². The van der Waals surface area contributed by atoms with Crippen molar-refractivity contribution in [3.05, 3.63) is 0 Å². The Morgan fingerprint density at radius 2 is 1.58 bits per heavy atom. The van der Waals surface area contributed by atoms with E-state index in [2.05, 4.69) is 13.8 Å². The molecular formula is C16H30O3. The number of hydrogen-bond donors (Lipinski definition) is 0. The summed E-state index contributed by atoms with van der Waals surface area (Å²) < 4.78 is 5.13. The summed E-state index contributed by atoms with van der Waals surface area (Å²) in [5, 5.41) is 0. The maximum atomic E-state index is 12.0. The normalized spacial score (nSPS) is 12.2. The van der Waals surface area contributed by atoms with Gasteiger partial charge in [0.1, 0.15) is 5.78 Å². The van der Waals surface area contributed by atoms with E-state index in [0.717, 1.165) is 38.5 Å². The first-order valence-electron chi connectivity index (χ1n) is 7.83. The SMILES string of the molecule is CCCCOC(=O)CCC(CCCC)C(=O)CCC. The Balaban J connectivity index is 4.02. The Kier molecular flexibility index (Phi) is 11.6. The molecule has 0 bridgehead atoms. The molecule has 1 atom stereocenters. The molecule has 0 N–H and O–H groups in total. The lowest BCUT2D eigenvalue weighted by molar-refractivity contribution is -0.144. The van der Waals surface area contributed by atoms with Crippen molar-refractivity contribution in [3.8, 4) is 0 Å². The predicted octanol–water partition coefficient (Wildman–Crippen LogP) is 4.29. The molecule has 0 saturated heterocycles. The summed E-state index contributed by atoms with van der Waals surface area (Å²) >= 11 is 0. The van der Waals surface area contributed by atoms with Gasteiger partial charge in [-0.1, -0.05) is 40.0 Å². The highest BCUT2D eigenvalue weighted by molar-refractivity contribution is 5.81. The molecular weight excluding hydrogens is 240 g/mol. The number of carbonyl (C=O) groups excluding carboxylic acids is 2. The monoisotopic (exact) mass is 270 g/mol. The van der Waals surface area contributed by atoms with Gasteiger partial charge in [0.15, 0.2) is 0 Å². The van der Waals surface area contributed by atoms with Gasteiger partial charge in [-0.3, -0.25) is 9.59 Å². The second-order valence-electron chi connectivity index (χ2n) is 5.17. The Labute approximate surface area is 118 Å². The van der Waals surface area contributed by atoms with E-state index in [1.165, 1.54) is 0 Å². The fourth-order valence-corrected chi connectivity index (χ4v) is 2.06. The summed E-state index contributed by atoms with van der Waals surface area (Å²) in [6.07, 6.45) is 7.58. The van der Waals surface area contributed by atoms with Crippen LogP contribution in [0.2, 0.25) is 0 Å². The molecule has 112 valence electrons. The molecule has 0 aliphatic rings. The second-order valence-corrected chi connectivity index (χ2v) is 5.17. The minimum absolute atomic E-state index is 0.0543. The van der Waals surface area contributed by atoms with E-state index in [1.807, 2.05) is 6.92 Å². The zero-order valence-corrected chi connectivity index (χ0v) is 12.9. The third kappa shape index (κ3) is 9.69. The molecule has 0 aliphatic carbocycles. The predicted molar refractivity (Wildman–Crippen MR) is 78.0 cm³/mol. The van der Waals surface area contributed by atoms with Crippen LogP contribution in [0.5, 0.6) is 0 Å². The smallest absolute Gasteiger partial charge is 0.305 e. The van der Waals surface area contributed by atoms with E-state index in [1.54, 1.807) is 0 Å². The highest BCUT2D eigenvalue weighted by atomic mass is 16.5. The molecule has 0 fully saturated rings. The third-order valence-corrected chi connectivity index (χ3v) is 3.32. The van der Waals surface area contributed by atoms with Gasteiger partial charge < -0.3 is 4.74 Å². The van der Waals surface area contributed by atoms with Gasteiger partial charge in [0, 0.05) is 18.8 Å². The maximum Gasteiger partial charge on any atom is 0.305 e. The number of Topliss-reactive ketones (excluding diaryl/α,β-unsaturated/α-hetero) is 1. The van der Waals surface area contributed by atoms with Crippen LogP contribution in [0.4, 0.5) is 0 Å². The van der Waals surface area contributed by atoms with Crippen LogP contribution in [0.1, 0.15) is 78.6 Å². The number of hydrogen-bond acceptors (Lipinski definition) is 3. The average Bonchev–Trinajstić information content (AvgIpc) is 2.39. The first kappa shape index (κ1) is 18.1. The second kappa shape index (κ2) is 12.2. The molecule has 1 unspecified atom stereocenters. The molecule has 0 aromatic carbocycles. The molecule has 0 rings (SSSR count). The quantitative estimate of drug-likeness (QED) is 0.392. The van der Waals surface area contributed by atoms with Gasteiger partial charge in [0.25, 0.3) is 0 Å². The highest BCUT2D eigenvalue weighted by Crippen LogP contribution is 2.19. The van der Waals surface area contributed by atoms with Gasteiger partial charge in [-0.15, -0.1) is 0 Å². The van der Waals surface area contributed by atoms with Crippen LogP contribution in [0, 0.1) is 5.92 Å². The molecule has 0 saturated carbocycles. The van der Waals surface area contributed by atoms with Crippen molar-refractivity contribution in [3.63, 3.8) is 0 Å². The van der Waals surface area contributed by atoms with Gasteiger partial charge in [-0.2, -0.15) is 0 Å². The minimum Gasteiger partial charge on any atom is -0.466 e. The minimum atomic E-state index is -0.153. The number of unbranched alkanes of at least 4 members (excludes halogenated alkanes) is 2. The van der Waals surface area contributed by atoms with Gasteiger partial charge >= 0.3 is 5.97 Å². The molecule has 19 heavy (non-hydrogen) atoms. The molecule has 0 heterocycles. The van der Waals surface area contributed by atoms with Crippen LogP contribution in [-0.2, 0) is 14.3 Å². The van der Waals surface area contributed by atoms with Crippen LogP contribution in [0.25, 0.3) is 0 Å². The van der Waals surface area contributed by atoms with Crippen molar-refractivity contribution in [2.75, 3.05) is 6.61 Å². The van der Waals surface area contributed by atoms with Crippen LogP contribution < -0.4 is 0 Å². The summed E-state index contributed by atoms with van der Waals surface area (Å²) in [6, 6.07) is 0. The Morgan fingerprint density at radius 3 is 2.16 bits per heavy atom. The van der Waals surface area contributed by atoms with E-state index in [0.29, 0.717) is 31.7 Å². The van der Waals surface area contributed by atoms with Crippen LogP contribution in [0.15, 0.2) is 0 Å². The zero-order valence-electron chi connectivity index (χ0n) is 12.9. The summed E-state index contributed by atoms with van der Waals surface area (Å²) in [5.74, 6) is 0.218.